The van der Waals surface area contributed by atoms with Crippen molar-refractivity contribution in [2.75, 3.05) is 0 Å². The van der Waals surface area contributed by atoms with Gasteiger partial charge in [-0.1, -0.05) is 27.7 Å². The Bertz CT molecular complexity index is 310. The fourth-order valence-corrected chi connectivity index (χ4v) is 4.06. The average molecular weight is 238 g/mol. The molecule has 0 aromatic rings. The first-order chi connectivity index (χ1) is 7.86. The number of rotatable bonds is 1. The van der Waals surface area contributed by atoms with E-state index in [0.717, 1.165) is 19.3 Å². The summed E-state index contributed by atoms with van der Waals surface area (Å²) in [6.45, 7) is 8.94. The molecule has 2 rings (SSSR count). The third-order valence-electron chi connectivity index (χ3n) is 5.64. The number of aliphatic hydroxyl groups is 1. The standard InChI is InChI=1S/C15H26O2/c1-9(2)11-8-15(4)10(3)5-6-13(16)12(15)7-14(11)17/h9-12,14,17H,5-8H2,1-4H3/t10-,11-,12+,14+,15+/m0/s1. The Kier molecular flexibility index (Phi) is 3.37. The van der Waals surface area contributed by atoms with Gasteiger partial charge >= 0.3 is 0 Å². The van der Waals surface area contributed by atoms with Crippen LogP contribution in [0.4, 0.5) is 0 Å². The highest BCUT2D eigenvalue weighted by molar-refractivity contribution is 5.83. The van der Waals surface area contributed by atoms with Gasteiger partial charge in [0.1, 0.15) is 5.78 Å². The molecule has 0 amide bonds. The molecular formula is C15H26O2. The van der Waals surface area contributed by atoms with Crippen LogP contribution >= 0.6 is 0 Å². The van der Waals surface area contributed by atoms with Gasteiger partial charge in [-0.25, -0.2) is 0 Å². The van der Waals surface area contributed by atoms with E-state index < -0.39 is 0 Å². The number of hydrogen-bond acceptors (Lipinski definition) is 2. The molecule has 2 aliphatic rings. The first kappa shape index (κ1) is 13.1. The monoisotopic (exact) mass is 238 g/mol. The first-order valence-electron chi connectivity index (χ1n) is 7.07. The number of Topliss-reactive ketones (excluding diaryl/α,β-unsaturated/α-hetero) is 1. The van der Waals surface area contributed by atoms with Gasteiger partial charge in [0, 0.05) is 12.3 Å². The van der Waals surface area contributed by atoms with Gasteiger partial charge in [-0.15, -0.1) is 0 Å². The fourth-order valence-electron chi connectivity index (χ4n) is 4.06. The van der Waals surface area contributed by atoms with Crippen LogP contribution in [-0.2, 0) is 4.79 Å². The van der Waals surface area contributed by atoms with Gasteiger partial charge in [0.05, 0.1) is 6.10 Å². The molecule has 2 aliphatic carbocycles. The zero-order valence-corrected chi connectivity index (χ0v) is 11.6. The van der Waals surface area contributed by atoms with Gasteiger partial charge in [-0.05, 0) is 42.4 Å². The van der Waals surface area contributed by atoms with Gasteiger partial charge < -0.3 is 5.11 Å². The van der Waals surface area contributed by atoms with Crippen molar-refractivity contribution in [1.82, 2.24) is 0 Å². The second-order valence-electron chi connectivity index (χ2n) is 6.88. The molecule has 2 nitrogen and oxygen atoms in total. The van der Waals surface area contributed by atoms with Gasteiger partial charge in [0.2, 0.25) is 0 Å². The highest BCUT2D eigenvalue weighted by Gasteiger charge is 2.52. The summed E-state index contributed by atoms with van der Waals surface area (Å²) in [4.78, 5) is 12.1. The van der Waals surface area contributed by atoms with Crippen molar-refractivity contribution in [3.8, 4) is 0 Å². The Morgan fingerprint density at radius 3 is 2.65 bits per heavy atom. The minimum Gasteiger partial charge on any atom is -0.393 e. The molecule has 0 radical (unpaired) electrons. The van der Waals surface area contributed by atoms with E-state index in [1.54, 1.807) is 0 Å². The lowest BCUT2D eigenvalue weighted by Crippen LogP contribution is -2.52. The highest BCUT2D eigenvalue weighted by atomic mass is 16.3. The van der Waals surface area contributed by atoms with Crippen molar-refractivity contribution in [3.63, 3.8) is 0 Å². The second-order valence-corrected chi connectivity index (χ2v) is 6.88. The van der Waals surface area contributed by atoms with Gasteiger partial charge in [0.15, 0.2) is 0 Å². The molecule has 2 fully saturated rings. The van der Waals surface area contributed by atoms with Crippen molar-refractivity contribution < 1.29 is 9.90 Å². The Balaban J connectivity index is 2.26. The maximum Gasteiger partial charge on any atom is 0.136 e. The smallest absolute Gasteiger partial charge is 0.136 e. The average Bonchev–Trinajstić information content (AvgIpc) is 2.26. The minimum atomic E-state index is -0.276. The SMILES string of the molecule is CC(C)[C@@H]1C[C@@]2(C)[C@H](C[C@H]1O)C(=O)CC[C@@H]2C. The quantitative estimate of drug-likeness (QED) is 0.762. The molecule has 5 atom stereocenters. The normalized spacial score (nSPS) is 47.1. The van der Waals surface area contributed by atoms with E-state index in [-0.39, 0.29) is 17.4 Å². The summed E-state index contributed by atoms with van der Waals surface area (Å²) in [7, 11) is 0. The van der Waals surface area contributed by atoms with Crippen LogP contribution in [0.15, 0.2) is 0 Å². The lowest BCUT2D eigenvalue weighted by Gasteiger charge is -2.53. The van der Waals surface area contributed by atoms with Gasteiger partial charge in [-0.3, -0.25) is 4.79 Å². The Hall–Kier alpha value is -0.370. The second kappa shape index (κ2) is 4.38. The molecule has 2 saturated carbocycles. The molecule has 1 N–H and O–H groups in total. The van der Waals surface area contributed by atoms with Crippen molar-refractivity contribution in [2.45, 2.75) is 59.5 Å². The topological polar surface area (TPSA) is 37.3 Å². The summed E-state index contributed by atoms with van der Waals surface area (Å²) in [6, 6.07) is 0. The number of carbonyl (C=O) groups excluding carboxylic acids is 1. The van der Waals surface area contributed by atoms with Crippen LogP contribution in [0, 0.1) is 29.1 Å². The van der Waals surface area contributed by atoms with Crippen LogP contribution in [0.2, 0.25) is 0 Å². The summed E-state index contributed by atoms with van der Waals surface area (Å²) >= 11 is 0. The fraction of sp³-hybridized carbons (Fsp3) is 0.933. The van der Waals surface area contributed by atoms with E-state index in [9.17, 15) is 9.90 Å². The lowest BCUT2D eigenvalue weighted by atomic mass is 9.52. The molecule has 0 aromatic heterocycles. The van der Waals surface area contributed by atoms with Crippen LogP contribution in [0.25, 0.3) is 0 Å². The van der Waals surface area contributed by atoms with Gasteiger partial charge in [0.25, 0.3) is 0 Å². The Morgan fingerprint density at radius 2 is 2.06 bits per heavy atom. The predicted octanol–water partition coefficient (Wildman–Crippen LogP) is 3.03. The van der Waals surface area contributed by atoms with E-state index in [0.29, 0.717) is 30.0 Å². The minimum absolute atomic E-state index is 0.108. The lowest BCUT2D eigenvalue weighted by molar-refractivity contribution is -0.146. The van der Waals surface area contributed by atoms with Crippen molar-refractivity contribution in [3.05, 3.63) is 0 Å². The van der Waals surface area contributed by atoms with Gasteiger partial charge in [-0.2, -0.15) is 0 Å². The van der Waals surface area contributed by atoms with E-state index in [4.69, 9.17) is 0 Å². The van der Waals surface area contributed by atoms with Crippen molar-refractivity contribution in [1.29, 1.82) is 0 Å². The third kappa shape index (κ3) is 2.05. The predicted molar refractivity (Wildman–Crippen MR) is 68.6 cm³/mol. The largest absolute Gasteiger partial charge is 0.393 e. The van der Waals surface area contributed by atoms with Crippen LogP contribution in [0.5, 0.6) is 0 Å². The van der Waals surface area contributed by atoms with Crippen molar-refractivity contribution >= 4 is 5.78 Å². The number of ketones is 1. The molecule has 0 heterocycles. The summed E-state index contributed by atoms with van der Waals surface area (Å²) in [5.74, 6) is 1.98. The van der Waals surface area contributed by atoms with E-state index >= 15 is 0 Å². The molecule has 98 valence electrons. The molecule has 0 aromatic carbocycles. The van der Waals surface area contributed by atoms with Crippen LogP contribution in [0.3, 0.4) is 0 Å². The summed E-state index contributed by atoms with van der Waals surface area (Å²) in [6.07, 6.45) is 3.20. The van der Waals surface area contributed by atoms with Crippen LogP contribution < -0.4 is 0 Å². The summed E-state index contributed by atoms with van der Waals surface area (Å²) < 4.78 is 0. The van der Waals surface area contributed by atoms with E-state index in [1.807, 2.05) is 0 Å². The zero-order valence-electron chi connectivity index (χ0n) is 11.6. The summed E-state index contributed by atoms with van der Waals surface area (Å²) in [5, 5.41) is 10.2. The molecule has 17 heavy (non-hydrogen) atoms. The molecule has 0 bridgehead atoms. The Morgan fingerprint density at radius 1 is 1.41 bits per heavy atom. The molecule has 0 saturated heterocycles. The maximum absolute atomic E-state index is 12.1. The number of hydrogen-bond donors (Lipinski definition) is 1. The molecule has 0 aliphatic heterocycles. The molecule has 0 unspecified atom stereocenters. The first-order valence-corrected chi connectivity index (χ1v) is 7.07. The zero-order chi connectivity index (χ0) is 12.8. The number of carbonyl (C=O) groups is 1. The van der Waals surface area contributed by atoms with E-state index in [2.05, 4.69) is 27.7 Å². The summed E-state index contributed by atoms with van der Waals surface area (Å²) in [5.41, 5.74) is 0.128. The number of aliphatic hydroxyl groups excluding tert-OH is 1. The van der Waals surface area contributed by atoms with Crippen molar-refractivity contribution in [2.24, 2.45) is 29.1 Å². The molecule has 2 heteroatoms. The third-order valence-corrected chi connectivity index (χ3v) is 5.64. The molecule has 0 spiro atoms. The maximum atomic E-state index is 12.1. The van der Waals surface area contributed by atoms with E-state index in [1.165, 1.54) is 0 Å². The highest BCUT2D eigenvalue weighted by Crippen LogP contribution is 2.54. The molecular weight excluding hydrogens is 212 g/mol. The number of fused-ring (bicyclic) bond motifs is 1. The Labute approximate surface area is 105 Å². The van der Waals surface area contributed by atoms with Crippen LogP contribution in [-0.4, -0.2) is 17.0 Å². The van der Waals surface area contributed by atoms with Crippen LogP contribution in [0.1, 0.15) is 53.4 Å².